The molecule has 5 nitrogen and oxygen atoms in total. The van der Waals surface area contributed by atoms with Crippen LogP contribution in [0.25, 0.3) is 0 Å². The van der Waals surface area contributed by atoms with E-state index in [1.54, 1.807) is 0 Å². The van der Waals surface area contributed by atoms with Crippen molar-refractivity contribution < 1.29 is 17.7 Å². The molecule has 0 bridgehead atoms. The minimum Gasteiger partial charge on any atom is -0.495 e. The van der Waals surface area contributed by atoms with E-state index >= 15 is 0 Å². The first-order valence-corrected chi connectivity index (χ1v) is 4.76. The van der Waals surface area contributed by atoms with Gasteiger partial charge in [-0.15, -0.1) is 0 Å². The molecule has 0 spiro atoms. The molecule has 0 aromatic heterocycles. The van der Waals surface area contributed by atoms with Gasteiger partial charge in [0.2, 0.25) is 0 Å². The summed E-state index contributed by atoms with van der Waals surface area (Å²) in [5, 5.41) is 0. The number of hydrogen-bond acceptors (Lipinski definition) is 3. The maximum atomic E-state index is 10.7. The van der Waals surface area contributed by atoms with Gasteiger partial charge in [-0.25, -0.2) is 0 Å². The van der Waals surface area contributed by atoms with Crippen molar-refractivity contribution in [3.8, 4) is 5.75 Å². The average molecular weight is 202 g/mol. The Hall–Kier alpha value is -1.27. The monoisotopic (exact) mass is 202 g/mol. The van der Waals surface area contributed by atoms with Gasteiger partial charge in [-0.05, 0) is 12.1 Å². The standard InChI is InChI=1S/C7H8NO4S/c1-12-6-4-5(8)2-3-7(6)13(9,10)11/h2-4,8H,1H3,(H,9,10,11). The van der Waals surface area contributed by atoms with E-state index in [4.69, 9.17) is 15.0 Å². The second kappa shape index (κ2) is 3.23. The molecule has 0 saturated heterocycles. The van der Waals surface area contributed by atoms with Gasteiger partial charge in [0, 0.05) is 6.07 Å². The van der Waals surface area contributed by atoms with Gasteiger partial charge in [-0.1, -0.05) is 0 Å². The van der Waals surface area contributed by atoms with Crippen LogP contribution in [0.15, 0.2) is 23.1 Å². The molecule has 13 heavy (non-hydrogen) atoms. The lowest BCUT2D eigenvalue weighted by Gasteiger charge is -2.05. The fourth-order valence-electron chi connectivity index (χ4n) is 0.881. The van der Waals surface area contributed by atoms with Crippen LogP contribution in [0.5, 0.6) is 5.75 Å². The Bertz CT molecular complexity index is 413. The lowest BCUT2D eigenvalue weighted by molar-refractivity contribution is 0.397. The molecule has 0 aliphatic heterocycles. The van der Waals surface area contributed by atoms with E-state index in [2.05, 4.69) is 0 Å². The molecule has 0 atom stereocenters. The lowest BCUT2D eigenvalue weighted by Crippen LogP contribution is -2.01. The number of benzene rings is 1. The summed E-state index contributed by atoms with van der Waals surface area (Å²) in [6.45, 7) is 0. The number of nitrogens with one attached hydrogen (secondary N) is 1. The van der Waals surface area contributed by atoms with E-state index in [9.17, 15) is 8.42 Å². The number of hydrogen-bond donors (Lipinski definition) is 1. The average Bonchev–Trinajstić information content (AvgIpc) is 2.01. The Morgan fingerprint density at radius 1 is 1.46 bits per heavy atom. The molecule has 0 aliphatic carbocycles. The molecule has 6 heteroatoms. The number of rotatable bonds is 2. The molecule has 0 amide bonds. The maximum Gasteiger partial charge on any atom is 0.298 e. The quantitative estimate of drug-likeness (QED) is 0.720. The highest BCUT2D eigenvalue weighted by molar-refractivity contribution is 7.86. The maximum absolute atomic E-state index is 10.7. The van der Waals surface area contributed by atoms with Gasteiger partial charge in [0.15, 0.2) is 0 Å². The van der Waals surface area contributed by atoms with Gasteiger partial charge >= 0.3 is 0 Å². The zero-order chi connectivity index (χ0) is 10.1. The first kappa shape index (κ1) is 9.82. The normalized spacial score (nSPS) is 11.2. The third-order valence-electron chi connectivity index (χ3n) is 1.44. The van der Waals surface area contributed by atoms with E-state index in [1.165, 1.54) is 19.2 Å². The Labute approximate surface area is 75.9 Å². The zero-order valence-electron chi connectivity index (χ0n) is 6.81. The Kier molecular flexibility index (Phi) is 2.44. The summed E-state index contributed by atoms with van der Waals surface area (Å²) in [6, 6.07) is 3.59. The van der Waals surface area contributed by atoms with Crippen LogP contribution in [-0.4, -0.2) is 20.1 Å². The van der Waals surface area contributed by atoms with E-state index < -0.39 is 10.1 Å². The topological polar surface area (TPSA) is 87.4 Å². The van der Waals surface area contributed by atoms with Crippen molar-refractivity contribution in [1.82, 2.24) is 5.73 Å². The van der Waals surface area contributed by atoms with Gasteiger partial charge in [0.05, 0.1) is 12.8 Å². The molecular weight excluding hydrogens is 194 g/mol. The van der Waals surface area contributed by atoms with Crippen LogP contribution in [0.4, 0.5) is 5.69 Å². The predicted molar refractivity (Wildman–Crippen MR) is 45.6 cm³/mol. The summed E-state index contributed by atoms with van der Waals surface area (Å²) in [7, 11) is -3.00. The van der Waals surface area contributed by atoms with Crippen LogP contribution in [0.3, 0.4) is 0 Å². The largest absolute Gasteiger partial charge is 0.495 e. The Morgan fingerprint density at radius 2 is 2.08 bits per heavy atom. The van der Waals surface area contributed by atoms with Gasteiger partial charge < -0.3 is 10.5 Å². The van der Waals surface area contributed by atoms with E-state index in [0.717, 1.165) is 6.07 Å². The second-order valence-electron chi connectivity index (χ2n) is 2.34. The third-order valence-corrected chi connectivity index (χ3v) is 2.33. The SMILES string of the molecule is COc1cc([NH])ccc1S(=O)(=O)O. The van der Waals surface area contributed by atoms with Crippen LogP contribution >= 0.6 is 0 Å². The van der Waals surface area contributed by atoms with Crippen molar-refractivity contribution in [2.24, 2.45) is 0 Å². The van der Waals surface area contributed by atoms with Crippen LogP contribution in [-0.2, 0) is 10.1 Å². The first-order chi connectivity index (χ1) is 5.95. The summed E-state index contributed by atoms with van der Waals surface area (Å²) in [6.07, 6.45) is 0. The summed E-state index contributed by atoms with van der Waals surface area (Å²) < 4.78 is 34.9. The van der Waals surface area contributed by atoms with Crippen LogP contribution in [0, 0.1) is 0 Å². The molecule has 0 fully saturated rings. The van der Waals surface area contributed by atoms with Crippen LogP contribution in [0.2, 0.25) is 0 Å². The molecule has 0 heterocycles. The fraction of sp³-hybridized carbons (Fsp3) is 0.143. The molecule has 1 radical (unpaired) electrons. The molecule has 0 saturated carbocycles. The molecule has 0 unspecified atom stereocenters. The second-order valence-corrected chi connectivity index (χ2v) is 3.73. The van der Waals surface area contributed by atoms with Crippen molar-refractivity contribution in [3.05, 3.63) is 18.2 Å². The summed E-state index contributed by atoms with van der Waals surface area (Å²) >= 11 is 0. The molecule has 71 valence electrons. The summed E-state index contributed by atoms with van der Waals surface area (Å²) in [4.78, 5) is -0.328. The third kappa shape index (κ3) is 2.10. The summed E-state index contributed by atoms with van der Waals surface area (Å²) in [5.41, 5.74) is 7.30. The number of methoxy groups -OCH3 is 1. The van der Waals surface area contributed by atoms with Crippen molar-refractivity contribution in [1.29, 1.82) is 0 Å². The van der Waals surface area contributed by atoms with Gasteiger partial charge in [-0.3, -0.25) is 4.55 Å². The van der Waals surface area contributed by atoms with Gasteiger partial charge in [-0.2, -0.15) is 8.42 Å². The molecular formula is C7H8NO4S. The first-order valence-electron chi connectivity index (χ1n) is 3.32. The minimum absolute atomic E-state index is 0.0324. The van der Waals surface area contributed by atoms with Crippen molar-refractivity contribution in [2.45, 2.75) is 4.90 Å². The van der Waals surface area contributed by atoms with Crippen LogP contribution < -0.4 is 10.5 Å². The molecule has 2 N–H and O–H groups in total. The fourth-order valence-corrected chi connectivity index (χ4v) is 1.52. The van der Waals surface area contributed by atoms with Crippen molar-refractivity contribution in [2.75, 3.05) is 7.11 Å². The van der Waals surface area contributed by atoms with Gasteiger partial charge in [0.1, 0.15) is 10.6 Å². The van der Waals surface area contributed by atoms with Crippen LogP contribution in [0.1, 0.15) is 0 Å². The Morgan fingerprint density at radius 3 is 2.54 bits per heavy atom. The van der Waals surface area contributed by atoms with Gasteiger partial charge in [0.25, 0.3) is 10.1 Å². The lowest BCUT2D eigenvalue weighted by atomic mass is 10.3. The number of ether oxygens (including phenoxy) is 1. The van der Waals surface area contributed by atoms with Crippen molar-refractivity contribution in [3.63, 3.8) is 0 Å². The minimum atomic E-state index is -4.27. The summed E-state index contributed by atoms with van der Waals surface area (Å²) in [5.74, 6) is -0.0324. The Balaban J connectivity index is 3.39. The highest BCUT2D eigenvalue weighted by Gasteiger charge is 2.15. The highest BCUT2D eigenvalue weighted by Crippen LogP contribution is 2.25. The van der Waals surface area contributed by atoms with E-state index in [1.807, 2.05) is 0 Å². The molecule has 1 aromatic rings. The van der Waals surface area contributed by atoms with Crippen molar-refractivity contribution >= 4 is 15.8 Å². The van der Waals surface area contributed by atoms with E-state index in [0.29, 0.717) is 0 Å². The molecule has 1 rings (SSSR count). The predicted octanol–water partition coefficient (Wildman–Crippen LogP) is 0.856. The molecule has 1 aromatic carbocycles. The zero-order valence-corrected chi connectivity index (χ0v) is 7.63. The molecule has 0 aliphatic rings. The van der Waals surface area contributed by atoms with E-state index in [-0.39, 0.29) is 16.3 Å². The smallest absolute Gasteiger partial charge is 0.298 e. The highest BCUT2D eigenvalue weighted by atomic mass is 32.2.